The van der Waals surface area contributed by atoms with E-state index in [1.54, 1.807) is 14.2 Å². The minimum atomic E-state index is 0.414. The summed E-state index contributed by atoms with van der Waals surface area (Å²) in [6, 6.07) is 6.35. The molecule has 2 rings (SSSR count). The summed E-state index contributed by atoms with van der Waals surface area (Å²) >= 11 is 0. The summed E-state index contributed by atoms with van der Waals surface area (Å²) in [6.45, 7) is 1.00. The first-order chi connectivity index (χ1) is 9.22. The summed E-state index contributed by atoms with van der Waals surface area (Å²) < 4.78 is 10.5. The summed E-state index contributed by atoms with van der Waals surface area (Å²) in [6.07, 6.45) is 4.75. The third kappa shape index (κ3) is 3.77. The predicted molar refractivity (Wildman–Crippen MR) is 78.0 cm³/mol. The highest BCUT2D eigenvalue weighted by Gasteiger charge is 2.18. The van der Waals surface area contributed by atoms with E-state index in [2.05, 4.69) is 5.32 Å². The molecule has 0 atom stereocenters. The molecule has 1 aliphatic rings. The van der Waals surface area contributed by atoms with Crippen molar-refractivity contribution in [2.75, 3.05) is 26.1 Å². The average Bonchev–Trinajstić information content (AvgIpc) is 2.46. The van der Waals surface area contributed by atoms with Gasteiger partial charge in [-0.25, -0.2) is 0 Å². The second-order valence-electron chi connectivity index (χ2n) is 5.23. The van der Waals surface area contributed by atoms with Crippen LogP contribution in [0.15, 0.2) is 18.2 Å². The summed E-state index contributed by atoms with van der Waals surface area (Å²) in [7, 11) is 3.31. The zero-order valence-corrected chi connectivity index (χ0v) is 11.8. The van der Waals surface area contributed by atoms with Gasteiger partial charge in [0, 0.05) is 24.3 Å². The lowest BCUT2D eigenvalue weighted by atomic mass is 9.86. The maximum atomic E-state index is 5.92. The fourth-order valence-corrected chi connectivity index (χ4v) is 2.60. The Kier molecular flexibility index (Phi) is 4.91. The van der Waals surface area contributed by atoms with E-state index in [0.29, 0.717) is 6.04 Å². The van der Waals surface area contributed by atoms with Crippen LogP contribution in [-0.2, 0) is 0 Å². The van der Waals surface area contributed by atoms with Crippen LogP contribution < -0.4 is 20.5 Å². The maximum Gasteiger partial charge on any atom is 0.162 e. The molecule has 19 heavy (non-hydrogen) atoms. The Morgan fingerprint density at radius 1 is 1.11 bits per heavy atom. The van der Waals surface area contributed by atoms with Crippen LogP contribution in [0, 0.1) is 5.92 Å². The van der Waals surface area contributed by atoms with Crippen molar-refractivity contribution in [1.29, 1.82) is 0 Å². The molecule has 1 aromatic rings. The molecule has 0 spiro atoms. The molecule has 0 radical (unpaired) electrons. The minimum Gasteiger partial charge on any atom is -0.493 e. The van der Waals surface area contributed by atoms with E-state index in [9.17, 15) is 0 Å². The largest absolute Gasteiger partial charge is 0.493 e. The van der Waals surface area contributed by atoms with Crippen LogP contribution in [0.4, 0.5) is 5.69 Å². The average molecular weight is 264 g/mol. The van der Waals surface area contributed by atoms with E-state index in [4.69, 9.17) is 15.2 Å². The Hall–Kier alpha value is -1.42. The molecule has 0 bridgehead atoms. The molecule has 4 heteroatoms. The predicted octanol–water partition coefficient (Wildman–Crippen LogP) is 2.63. The summed E-state index contributed by atoms with van der Waals surface area (Å²) in [5, 5.41) is 3.48. The SMILES string of the molecule is COc1ccc(NC[C@H]2CC[C@H](N)CC2)cc1OC. The molecule has 0 unspecified atom stereocenters. The van der Waals surface area contributed by atoms with Crippen LogP contribution in [0.5, 0.6) is 11.5 Å². The topological polar surface area (TPSA) is 56.5 Å². The summed E-state index contributed by atoms with van der Waals surface area (Å²) in [5.74, 6) is 2.25. The van der Waals surface area contributed by atoms with E-state index in [0.717, 1.165) is 42.5 Å². The first-order valence-electron chi connectivity index (χ1n) is 6.94. The summed E-state index contributed by atoms with van der Waals surface area (Å²) in [5.41, 5.74) is 7.00. The van der Waals surface area contributed by atoms with E-state index < -0.39 is 0 Å². The number of methoxy groups -OCH3 is 2. The maximum absolute atomic E-state index is 5.92. The van der Waals surface area contributed by atoms with E-state index in [-0.39, 0.29) is 0 Å². The molecule has 0 heterocycles. The monoisotopic (exact) mass is 264 g/mol. The second kappa shape index (κ2) is 6.66. The number of hydrogen-bond acceptors (Lipinski definition) is 4. The number of ether oxygens (including phenoxy) is 2. The molecule has 0 aromatic heterocycles. The van der Waals surface area contributed by atoms with Crippen molar-refractivity contribution in [3.05, 3.63) is 18.2 Å². The van der Waals surface area contributed by atoms with E-state index in [1.807, 2.05) is 18.2 Å². The molecular weight excluding hydrogens is 240 g/mol. The lowest BCUT2D eigenvalue weighted by Gasteiger charge is -2.26. The van der Waals surface area contributed by atoms with Crippen LogP contribution >= 0.6 is 0 Å². The Morgan fingerprint density at radius 2 is 1.79 bits per heavy atom. The van der Waals surface area contributed by atoms with Gasteiger partial charge >= 0.3 is 0 Å². The first-order valence-corrected chi connectivity index (χ1v) is 6.94. The standard InChI is InChI=1S/C15H24N2O2/c1-18-14-8-7-13(9-15(14)19-2)17-10-11-3-5-12(16)6-4-11/h7-9,11-12,17H,3-6,10,16H2,1-2H3/t11-,12-. The molecule has 0 amide bonds. The van der Waals surface area contributed by atoms with Crippen LogP contribution in [0.25, 0.3) is 0 Å². The smallest absolute Gasteiger partial charge is 0.162 e. The zero-order valence-electron chi connectivity index (χ0n) is 11.8. The quantitative estimate of drug-likeness (QED) is 0.858. The molecule has 1 aromatic carbocycles. The van der Waals surface area contributed by atoms with Crippen LogP contribution in [0.2, 0.25) is 0 Å². The van der Waals surface area contributed by atoms with Gasteiger partial charge in [0.05, 0.1) is 14.2 Å². The van der Waals surface area contributed by atoms with Gasteiger partial charge < -0.3 is 20.5 Å². The van der Waals surface area contributed by atoms with Crippen LogP contribution in [0.3, 0.4) is 0 Å². The van der Waals surface area contributed by atoms with Crippen LogP contribution in [-0.4, -0.2) is 26.8 Å². The van der Waals surface area contributed by atoms with Crippen molar-refractivity contribution >= 4 is 5.69 Å². The fraction of sp³-hybridized carbons (Fsp3) is 0.600. The van der Waals surface area contributed by atoms with Gasteiger partial charge in [-0.15, -0.1) is 0 Å². The molecule has 3 N–H and O–H groups in total. The number of hydrogen-bond donors (Lipinski definition) is 2. The lowest BCUT2D eigenvalue weighted by Crippen LogP contribution is -2.29. The van der Waals surface area contributed by atoms with Gasteiger partial charge in [-0.1, -0.05) is 0 Å². The summed E-state index contributed by atoms with van der Waals surface area (Å²) in [4.78, 5) is 0. The van der Waals surface area contributed by atoms with E-state index in [1.165, 1.54) is 12.8 Å². The van der Waals surface area contributed by atoms with Gasteiger partial charge in [0.15, 0.2) is 11.5 Å². The third-order valence-electron chi connectivity index (χ3n) is 3.87. The van der Waals surface area contributed by atoms with Crippen molar-refractivity contribution < 1.29 is 9.47 Å². The van der Waals surface area contributed by atoms with Gasteiger partial charge in [-0.3, -0.25) is 0 Å². The number of rotatable bonds is 5. The molecule has 1 aliphatic carbocycles. The number of anilines is 1. The van der Waals surface area contributed by atoms with Gasteiger partial charge in [-0.05, 0) is 43.7 Å². The zero-order chi connectivity index (χ0) is 13.7. The van der Waals surface area contributed by atoms with Gasteiger partial charge in [0.2, 0.25) is 0 Å². The van der Waals surface area contributed by atoms with Crippen LogP contribution in [0.1, 0.15) is 25.7 Å². The second-order valence-corrected chi connectivity index (χ2v) is 5.23. The number of nitrogens with two attached hydrogens (primary N) is 1. The van der Waals surface area contributed by atoms with Gasteiger partial charge in [0.1, 0.15) is 0 Å². The molecule has 0 saturated heterocycles. The number of nitrogens with one attached hydrogen (secondary N) is 1. The van der Waals surface area contributed by atoms with E-state index >= 15 is 0 Å². The Labute approximate surface area is 115 Å². The highest BCUT2D eigenvalue weighted by Crippen LogP contribution is 2.30. The highest BCUT2D eigenvalue weighted by molar-refractivity contribution is 5.54. The Balaban J connectivity index is 1.89. The molecule has 4 nitrogen and oxygen atoms in total. The van der Waals surface area contributed by atoms with Crippen molar-refractivity contribution in [1.82, 2.24) is 0 Å². The molecule has 1 fully saturated rings. The Bertz CT molecular complexity index is 401. The third-order valence-corrected chi connectivity index (χ3v) is 3.87. The van der Waals surface area contributed by atoms with Gasteiger partial charge in [-0.2, -0.15) is 0 Å². The number of benzene rings is 1. The Morgan fingerprint density at radius 3 is 2.42 bits per heavy atom. The molecule has 0 aliphatic heterocycles. The normalized spacial score (nSPS) is 22.9. The molecular formula is C15H24N2O2. The van der Waals surface area contributed by atoms with Crippen molar-refractivity contribution in [2.45, 2.75) is 31.7 Å². The lowest BCUT2D eigenvalue weighted by molar-refractivity contribution is 0.338. The van der Waals surface area contributed by atoms with Crippen molar-refractivity contribution in [3.8, 4) is 11.5 Å². The van der Waals surface area contributed by atoms with Crippen molar-refractivity contribution in [2.24, 2.45) is 11.7 Å². The first kappa shape index (κ1) is 14.0. The molecule has 106 valence electrons. The van der Waals surface area contributed by atoms with Gasteiger partial charge in [0.25, 0.3) is 0 Å². The molecule has 1 saturated carbocycles. The van der Waals surface area contributed by atoms with Crippen molar-refractivity contribution in [3.63, 3.8) is 0 Å². The fourth-order valence-electron chi connectivity index (χ4n) is 2.60. The highest BCUT2D eigenvalue weighted by atomic mass is 16.5. The minimum absolute atomic E-state index is 0.414.